The van der Waals surface area contributed by atoms with E-state index < -0.39 is 30.2 Å². The van der Waals surface area contributed by atoms with E-state index in [-0.39, 0.29) is 5.75 Å². The molecule has 116 valence electrons. The Labute approximate surface area is 121 Å². The van der Waals surface area contributed by atoms with Gasteiger partial charge in [0.05, 0.1) is 0 Å². The van der Waals surface area contributed by atoms with E-state index >= 15 is 0 Å². The number of amides is 3. The molecular weight excluding hydrogens is 282 g/mol. The normalized spacial score (nSPS) is 10.3. The van der Waals surface area contributed by atoms with Gasteiger partial charge >= 0.3 is 6.03 Å². The van der Waals surface area contributed by atoms with Gasteiger partial charge in [0.25, 0.3) is 5.91 Å². The van der Waals surface area contributed by atoms with Crippen molar-refractivity contribution in [3.8, 4) is 5.75 Å². The summed E-state index contributed by atoms with van der Waals surface area (Å²) in [5.41, 5.74) is 0. The maximum Gasteiger partial charge on any atom is 0.321 e. The SMILES string of the molecule is CC(C)CCNC(=O)NC(=O)COc1ccc(F)cc1F. The van der Waals surface area contributed by atoms with E-state index in [0.29, 0.717) is 18.5 Å². The van der Waals surface area contributed by atoms with Crippen LogP contribution in [0.5, 0.6) is 5.75 Å². The lowest BCUT2D eigenvalue weighted by Crippen LogP contribution is -2.42. The molecule has 1 rings (SSSR count). The smallest absolute Gasteiger partial charge is 0.321 e. The van der Waals surface area contributed by atoms with Crippen molar-refractivity contribution in [1.82, 2.24) is 10.6 Å². The van der Waals surface area contributed by atoms with Crippen LogP contribution in [0.4, 0.5) is 13.6 Å². The Bertz CT molecular complexity index is 507. The Morgan fingerprint density at radius 2 is 2.00 bits per heavy atom. The highest BCUT2D eigenvalue weighted by Crippen LogP contribution is 2.17. The van der Waals surface area contributed by atoms with Crippen molar-refractivity contribution in [3.63, 3.8) is 0 Å². The summed E-state index contributed by atoms with van der Waals surface area (Å²) in [5, 5.41) is 4.56. The minimum absolute atomic E-state index is 0.258. The van der Waals surface area contributed by atoms with Gasteiger partial charge in [0.1, 0.15) is 5.82 Å². The molecule has 0 radical (unpaired) electrons. The lowest BCUT2D eigenvalue weighted by atomic mass is 10.1. The standard InChI is InChI=1S/C14H18F2N2O3/c1-9(2)5-6-17-14(20)18-13(19)8-21-12-4-3-10(15)7-11(12)16/h3-4,7,9H,5-6,8H2,1-2H3,(H2,17,18,19,20). The maximum atomic E-state index is 13.2. The Morgan fingerprint density at radius 1 is 1.29 bits per heavy atom. The van der Waals surface area contributed by atoms with Crippen molar-refractivity contribution < 1.29 is 23.1 Å². The number of hydrogen-bond acceptors (Lipinski definition) is 3. The van der Waals surface area contributed by atoms with E-state index in [1.807, 2.05) is 19.2 Å². The second kappa shape index (κ2) is 8.18. The number of halogens is 2. The monoisotopic (exact) mass is 300 g/mol. The molecule has 7 heteroatoms. The van der Waals surface area contributed by atoms with Gasteiger partial charge in [-0.2, -0.15) is 0 Å². The Hall–Kier alpha value is -2.18. The molecule has 0 heterocycles. The van der Waals surface area contributed by atoms with Crippen molar-refractivity contribution >= 4 is 11.9 Å². The average molecular weight is 300 g/mol. The molecule has 0 unspecified atom stereocenters. The number of carbonyl (C=O) groups is 2. The molecule has 0 spiro atoms. The quantitative estimate of drug-likeness (QED) is 0.846. The van der Waals surface area contributed by atoms with Crippen LogP contribution < -0.4 is 15.4 Å². The zero-order valence-electron chi connectivity index (χ0n) is 11.9. The van der Waals surface area contributed by atoms with Crippen molar-refractivity contribution in [2.75, 3.05) is 13.2 Å². The molecule has 0 saturated carbocycles. The van der Waals surface area contributed by atoms with Crippen LogP contribution in [0.15, 0.2) is 18.2 Å². The van der Waals surface area contributed by atoms with Gasteiger partial charge in [-0.1, -0.05) is 13.8 Å². The van der Waals surface area contributed by atoms with E-state index in [4.69, 9.17) is 4.74 Å². The van der Waals surface area contributed by atoms with Crippen LogP contribution >= 0.6 is 0 Å². The van der Waals surface area contributed by atoms with Crippen LogP contribution in [0, 0.1) is 17.6 Å². The molecular formula is C14H18F2N2O3. The lowest BCUT2D eigenvalue weighted by molar-refractivity contribution is -0.122. The van der Waals surface area contributed by atoms with Crippen molar-refractivity contribution in [2.24, 2.45) is 5.92 Å². The van der Waals surface area contributed by atoms with Gasteiger partial charge in [-0.25, -0.2) is 13.6 Å². The van der Waals surface area contributed by atoms with Crippen LogP contribution in [-0.4, -0.2) is 25.1 Å². The topological polar surface area (TPSA) is 67.4 Å². The molecule has 2 N–H and O–H groups in total. The first-order chi connectivity index (χ1) is 9.88. The molecule has 3 amide bonds. The number of imide groups is 1. The zero-order valence-corrected chi connectivity index (χ0v) is 11.9. The van der Waals surface area contributed by atoms with Crippen molar-refractivity contribution in [1.29, 1.82) is 0 Å². The molecule has 5 nitrogen and oxygen atoms in total. The first-order valence-corrected chi connectivity index (χ1v) is 6.54. The summed E-state index contributed by atoms with van der Waals surface area (Å²) < 4.78 is 30.8. The highest BCUT2D eigenvalue weighted by atomic mass is 19.1. The summed E-state index contributed by atoms with van der Waals surface area (Å²) in [6.45, 7) is 3.93. The third kappa shape index (κ3) is 6.69. The number of urea groups is 1. The molecule has 0 aliphatic heterocycles. The van der Waals surface area contributed by atoms with E-state index in [1.54, 1.807) is 0 Å². The summed E-state index contributed by atoms with van der Waals surface area (Å²) in [4.78, 5) is 22.7. The van der Waals surface area contributed by atoms with Gasteiger partial charge in [0.15, 0.2) is 18.2 Å². The third-order valence-corrected chi connectivity index (χ3v) is 2.51. The second-order valence-electron chi connectivity index (χ2n) is 4.85. The third-order valence-electron chi connectivity index (χ3n) is 2.51. The fourth-order valence-corrected chi connectivity index (χ4v) is 1.42. The first kappa shape index (κ1) is 16.9. The van der Waals surface area contributed by atoms with E-state index in [9.17, 15) is 18.4 Å². The summed E-state index contributed by atoms with van der Waals surface area (Å²) in [5.74, 6) is -2.20. The molecule has 0 fully saturated rings. The largest absolute Gasteiger partial charge is 0.481 e. The predicted octanol–water partition coefficient (Wildman–Crippen LogP) is 2.22. The van der Waals surface area contributed by atoms with Gasteiger partial charge < -0.3 is 10.1 Å². The van der Waals surface area contributed by atoms with Crippen molar-refractivity contribution in [2.45, 2.75) is 20.3 Å². The highest BCUT2D eigenvalue weighted by Gasteiger charge is 2.10. The summed E-state index contributed by atoms with van der Waals surface area (Å²) >= 11 is 0. The van der Waals surface area contributed by atoms with Crippen LogP contribution in [0.3, 0.4) is 0 Å². The molecule has 1 aromatic carbocycles. The Morgan fingerprint density at radius 3 is 2.62 bits per heavy atom. The van der Waals surface area contributed by atoms with Gasteiger partial charge in [0, 0.05) is 12.6 Å². The number of ether oxygens (including phenoxy) is 1. The summed E-state index contributed by atoms with van der Waals surface area (Å²) in [6.07, 6.45) is 0.791. The van der Waals surface area contributed by atoms with E-state index in [0.717, 1.165) is 18.6 Å². The molecule has 0 aromatic heterocycles. The van der Waals surface area contributed by atoms with Crippen LogP contribution in [0.2, 0.25) is 0 Å². The fraction of sp³-hybridized carbons (Fsp3) is 0.429. The number of nitrogens with one attached hydrogen (secondary N) is 2. The van der Waals surface area contributed by atoms with Gasteiger partial charge in [-0.15, -0.1) is 0 Å². The summed E-state index contributed by atoms with van der Waals surface area (Å²) in [6, 6.07) is 2.09. The highest BCUT2D eigenvalue weighted by molar-refractivity contribution is 5.94. The van der Waals surface area contributed by atoms with Gasteiger partial charge in [0.2, 0.25) is 0 Å². The van der Waals surface area contributed by atoms with E-state index in [1.165, 1.54) is 0 Å². The average Bonchev–Trinajstić information content (AvgIpc) is 2.37. The van der Waals surface area contributed by atoms with Crippen LogP contribution in [-0.2, 0) is 4.79 Å². The van der Waals surface area contributed by atoms with Gasteiger partial charge in [-0.3, -0.25) is 10.1 Å². The first-order valence-electron chi connectivity index (χ1n) is 6.54. The molecule has 0 aliphatic rings. The van der Waals surface area contributed by atoms with Crippen LogP contribution in [0.1, 0.15) is 20.3 Å². The second-order valence-corrected chi connectivity index (χ2v) is 4.85. The minimum atomic E-state index is -0.913. The fourth-order valence-electron chi connectivity index (χ4n) is 1.42. The molecule has 21 heavy (non-hydrogen) atoms. The number of benzene rings is 1. The van der Waals surface area contributed by atoms with Gasteiger partial charge in [-0.05, 0) is 24.5 Å². The van der Waals surface area contributed by atoms with Crippen LogP contribution in [0.25, 0.3) is 0 Å². The Balaban J connectivity index is 2.32. The number of hydrogen-bond donors (Lipinski definition) is 2. The Kier molecular flexibility index (Phi) is 6.58. The molecule has 0 aliphatic carbocycles. The summed E-state index contributed by atoms with van der Waals surface area (Å²) in [7, 11) is 0. The number of rotatable bonds is 6. The molecule has 0 saturated heterocycles. The maximum absolute atomic E-state index is 13.2. The zero-order chi connectivity index (χ0) is 15.8. The number of carbonyl (C=O) groups excluding carboxylic acids is 2. The van der Waals surface area contributed by atoms with E-state index in [2.05, 4.69) is 5.32 Å². The molecule has 0 bridgehead atoms. The molecule has 1 aromatic rings. The van der Waals surface area contributed by atoms with Crippen molar-refractivity contribution in [3.05, 3.63) is 29.8 Å². The predicted molar refractivity (Wildman–Crippen MR) is 72.8 cm³/mol. The lowest BCUT2D eigenvalue weighted by Gasteiger charge is -2.09. The minimum Gasteiger partial charge on any atom is -0.481 e. The molecule has 0 atom stereocenters.